The minimum Gasteiger partial charge on any atom is -0.485 e. The Hall–Kier alpha value is -3.36. The average Bonchev–Trinajstić information content (AvgIpc) is 2.97. The highest BCUT2D eigenvalue weighted by Crippen LogP contribution is 2.34. The molecular formula is C19H19N3O6. The molecule has 1 fully saturated rings. The molecule has 1 aromatic carbocycles. The number of rotatable bonds is 3. The molecule has 0 saturated carbocycles. The van der Waals surface area contributed by atoms with Crippen molar-refractivity contribution in [3.05, 3.63) is 36.4 Å². The van der Waals surface area contributed by atoms with E-state index >= 15 is 0 Å². The highest BCUT2D eigenvalue weighted by molar-refractivity contribution is 6.07. The number of fused-ring (bicyclic) bond motifs is 2. The number of allylic oxidation sites excluding steroid dienone is 2. The summed E-state index contributed by atoms with van der Waals surface area (Å²) in [6.45, 7) is -0.437. The molecule has 1 aliphatic carbocycles. The van der Waals surface area contributed by atoms with E-state index in [1.54, 1.807) is 24.3 Å². The van der Waals surface area contributed by atoms with Gasteiger partial charge < -0.3 is 9.47 Å². The van der Waals surface area contributed by atoms with Crippen LogP contribution in [-0.4, -0.2) is 47.8 Å². The van der Waals surface area contributed by atoms with E-state index in [1.165, 1.54) is 0 Å². The summed E-state index contributed by atoms with van der Waals surface area (Å²) in [6, 6.07) is 6.94. The molecule has 3 atom stereocenters. The Morgan fingerprint density at radius 2 is 1.64 bits per heavy atom. The lowest BCUT2D eigenvalue weighted by molar-refractivity contribution is -0.144. The minimum absolute atomic E-state index is 0.00181. The quantitative estimate of drug-likeness (QED) is 0.428. The molecule has 0 aromatic heterocycles. The van der Waals surface area contributed by atoms with Gasteiger partial charge in [-0.1, -0.05) is 24.3 Å². The van der Waals surface area contributed by atoms with Crippen LogP contribution in [0.4, 0.5) is 0 Å². The first-order chi connectivity index (χ1) is 13.5. The highest BCUT2D eigenvalue weighted by Gasteiger charge is 2.47. The van der Waals surface area contributed by atoms with Gasteiger partial charge in [0.2, 0.25) is 17.9 Å². The third-order valence-electron chi connectivity index (χ3n) is 5.03. The summed E-state index contributed by atoms with van der Waals surface area (Å²) in [6.07, 6.45) is 3.83. The van der Waals surface area contributed by atoms with E-state index in [0.717, 1.165) is 4.90 Å². The number of amides is 4. The van der Waals surface area contributed by atoms with Crippen LogP contribution < -0.4 is 20.3 Å². The van der Waals surface area contributed by atoms with Crippen molar-refractivity contribution in [2.24, 2.45) is 11.8 Å². The maximum atomic E-state index is 12.4. The van der Waals surface area contributed by atoms with Crippen molar-refractivity contribution in [2.75, 3.05) is 13.2 Å². The fraction of sp³-hybridized carbons (Fsp3) is 0.368. The minimum atomic E-state index is -0.931. The molecule has 0 radical (unpaired) electrons. The van der Waals surface area contributed by atoms with Gasteiger partial charge in [0.05, 0.1) is 11.8 Å². The van der Waals surface area contributed by atoms with E-state index in [-0.39, 0.29) is 18.4 Å². The Labute approximate surface area is 160 Å². The van der Waals surface area contributed by atoms with Crippen molar-refractivity contribution in [1.82, 2.24) is 15.8 Å². The summed E-state index contributed by atoms with van der Waals surface area (Å²) in [5.74, 6) is -1.77. The Balaban J connectivity index is 1.29. The lowest BCUT2D eigenvalue weighted by atomic mass is 9.85. The van der Waals surface area contributed by atoms with E-state index < -0.39 is 36.3 Å². The number of imide groups is 1. The second kappa shape index (κ2) is 7.34. The Morgan fingerprint density at radius 1 is 1.00 bits per heavy atom. The van der Waals surface area contributed by atoms with E-state index in [0.29, 0.717) is 24.3 Å². The number of hydrogen-bond acceptors (Lipinski definition) is 6. The molecule has 28 heavy (non-hydrogen) atoms. The zero-order valence-corrected chi connectivity index (χ0v) is 14.9. The van der Waals surface area contributed by atoms with Crippen molar-refractivity contribution in [3.8, 4) is 11.5 Å². The van der Waals surface area contributed by atoms with Crippen molar-refractivity contribution in [1.29, 1.82) is 0 Å². The lowest BCUT2D eigenvalue weighted by Crippen LogP contribution is -2.53. The van der Waals surface area contributed by atoms with Gasteiger partial charge in [0.15, 0.2) is 11.5 Å². The van der Waals surface area contributed by atoms with Crippen molar-refractivity contribution >= 4 is 23.6 Å². The molecule has 2 N–H and O–H groups in total. The molecule has 0 unspecified atom stereocenters. The predicted octanol–water partition coefficient (Wildman–Crippen LogP) is -0.0750. The number of hydrogen-bond donors (Lipinski definition) is 2. The van der Waals surface area contributed by atoms with E-state index in [9.17, 15) is 19.2 Å². The monoisotopic (exact) mass is 385 g/mol. The highest BCUT2D eigenvalue weighted by atomic mass is 16.6. The standard InChI is InChI=1S/C19H19N3O6/c23-16(9-22-18(25)11-5-1-2-6-12(11)19(22)26)20-21-17(24)15-10-27-13-7-3-4-8-14(13)28-15/h1-4,7-8,11-12,15H,5-6,9-10H2,(H,20,23)(H,21,24)/t11-,12-,15-/m0/s1. The number of carbonyl (C=O) groups is 4. The van der Waals surface area contributed by atoms with Gasteiger partial charge in [-0.25, -0.2) is 0 Å². The van der Waals surface area contributed by atoms with Crippen LogP contribution in [0.3, 0.4) is 0 Å². The van der Waals surface area contributed by atoms with Crippen molar-refractivity contribution in [2.45, 2.75) is 18.9 Å². The van der Waals surface area contributed by atoms with Crippen LogP contribution in [0, 0.1) is 11.8 Å². The summed E-state index contributed by atoms with van der Waals surface area (Å²) in [4.78, 5) is 50.0. The number of ether oxygens (including phenoxy) is 2. The largest absolute Gasteiger partial charge is 0.485 e. The molecular weight excluding hydrogens is 366 g/mol. The van der Waals surface area contributed by atoms with Gasteiger partial charge >= 0.3 is 0 Å². The van der Waals surface area contributed by atoms with Gasteiger partial charge in [0, 0.05) is 0 Å². The molecule has 0 spiro atoms. The normalized spacial score (nSPS) is 25.3. The van der Waals surface area contributed by atoms with Crippen LogP contribution in [0.5, 0.6) is 11.5 Å². The first-order valence-electron chi connectivity index (χ1n) is 9.02. The maximum absolute atomic E-state index is 12.4. The molecule has 4 rings (SSSR count). The van der Waals surface area contributed by atoms with Gasteiger partial charge in [-0.2, -0.15) is 0 Å². The zero-order chi connectivity index (χ0) is 19.7. The third kappa shape index (κ3) is 3.30. The van der Waals surface area contributed by atoms with Crippen molar-refractivity contribution < 1.29 is 28.7 Å². The van der Waals surface area contributed by atoms with Crippen LogP contribution in [0.15, 0.2) is 36.4 Å². The summed E-state index contributed by atoms with van der Waals surface area (Å²) in [7, 11) is 0. The van der Waals surface area contributed by atoms with Crippen LogP contribution in [0.25, 0.3) is 0 Å². The van der Waals surface area contributed by atoms with Gasteiger partial charge in [0.1, 0.15) is 13.2 Å². The topological polar surface area (TPSA) is 114 Å². The number of nitrogens with zero attached hydrogens (tertiary/aromatic N) is 1. The SMILES string of the molecule is O=C(CN1C(=O)[C@H]2CC=CC[C@@H]2C1=O)NNC(=O)[C@@H]1COc2ccccc2O1. The molecule has 3 aliphatic rings. The smallest absolute Gasteiger partial charge is 0.283 e. The number of carbonyl (C=O) groups excluding carboxylic acids is 4. The predicted molar refractivity (Wildman–Crippen MR) is 94.7 cm³/mol. The molecule has 1 aromatic rings. The number of para-hydroxylation sites is 2. The Morgan fingerprint density at radius 3 is 2.32 bits per heavy atom. The van der Waals surface area contributed by atoms with Crippen LogP contribution in [-0.2, 0) is 19.2 Å². The second-order valence-corrected chi connectivity index (χ2v) is 6.82. The average molecular weight is 385 g/mol. The molecule has 4 amide bonds. The summed E-state index contributed by atoms with van der Waals surface area (Å²) < 4.78 is 11.0. The van der Waals surface area contributed by atoms with Crippen molar-refractivity contribution in [3.63, 3.8) is 0 Å². The Kier molecular flexibility index (Phi) is 4.72. The van der Waals surface area contributed by atoms with Gasteiger partial charge in [-0.3, -0.25) is 34.9 Å². The number of benzene rings is 1. The molecule has 2 heterocycles. The number of likely N-dealkylation sites (tertiary alicyclic amines) is 1. The number of nitrogens with one attached hydrogen (secondary N) is 2. The summed E-state index contributed by atoms with van der Waals surface area (Å²) in [5, 5.41) is 0. The number of hydrazine groups is 1. The van der Waals surface area contributed by atoms with E-state index in [2.05, 4.69) is 10.9 Å². The van der Waals surface area contributed by atoms with Crippen LogP contribution >= 0.6 is 0 Å². The zero-order valence-electron chi connectivity index (χ0n) is 14.9. The fourth-order valence-corrected chi connectivity index (χ4v) is 3.57. The maximum Gasteiger partial charge on any atom is 0.283 e. The first kappa shape index (κ1) is 18.0. The molecule has 146 valence electrons. The van der Waals surface area contributed by atoms with Crippen LogP contribution in [0.2, 0.25) is 0 Å². The van der Waals surface area contributed by atoms with Gasteiger partial charge in [-0.15, -0.1) is 0 Å². The second-order valence-electron chi connectivity index (χ2n) is 6.82. The molecule has 0 bridgehead atoms. The summed E-state index contributed by atoms with van der Waals surface area (Å²) in [5.41, 5.74) is 4.46. The Bertz CT molecular complexity index is 841. The van der Waals surface area contributed by atoms with Crippen LogP contribution in [0.1, 0.15) is 12.8 Å². The fourth-order valence-electron chi connectivity index (χ4n) is 3.57. The van der Waals surface area contributed by atoms with Gasteiger partial charge in [0.25, 0.3) is 11.8 Å². The third-order valence-corrected chi connectivity index (χ3v) is 5.03. The van der Waals surface area contributed by atoms with E-state index in [1.807, 2.05) is 12.2 Å². The lowest BCUT2D eigenvalue weighted by Gasteiger charge is -2.25. The molecule has 9 heteroatoms. The molecule has 9 nitrogen and oxygen atoms in total. The van der Waals surface area contributed by atoms with Gasteiger partial charge in [-0.05, 0) is 25.0 Å². The first-order valence-corrected chi connectivity index (χ1v) is 9.02. The molecule has 2 aliphatic heterocycles. The van der Waals surface area contributed by atoms with E-state index in [4.69, 9.17) is 9.47 Å². The molecule has 1 saturated heterocycles. The summed E-state index contributed by atoms with van der Waals surface area (Å²) >= 11 is 0.